The summed E-state index contributed by atoms with van der Waals surface area (Å²) in [5.41, 5.74) is 6.80. The molecule has 9 nitrogen and oxygen atoms in total. The van der Waals surface area contributed by atoms with E-state index in [0.717, 1.165) is 10.9 Å². The average molecular weight is 451 g/mol. The first-order chi connectivity index (χ1) is 15.5. The maximum Gasteiger partial charge on any atom is 0.237 e. The quantitative estimate of drug-likeness (QED) is 0.375. The standard InChI is InChI=1S/C22H22N6O3S/c1-14(21(30)25-18-8-2-7-17-16(18)6-3-11-24-17)32-22-27-26-20(10-9-19(23)29)28(22)13-15-5-4-12-31-15/h2-8,11-12,14H,9-10,13H2,1H3,(H2,23,29)(H,25,30). The van der Waals surface area contributed by atoms with Crippen molar-refractivity contribution in [1.82, 2.24) is 19.7 Å². The Bertz CT molecular complexity index is 1230. The number of nitrogens with one attached hydrogen (secondary N) is 1. The highest BCUT2D eigenvalue weighted by Crippen LogP contribution is 2.27. The number of thioether (sulfide) groups is 1. The lowest BCUT2D eigenvalue weighted by Crippen LogP contribution is -2.23. The van der Waals surface area contributed by atoms with Crippen molar-refractivity contribution in [3.63, 3.8) is 0 Å². The molecule has 3 N–H and O–H groups in total. The topological polar surface area (TPSA) is 129 Å². The number of fused-ring (bicyclic) bond motifs is 1. The first kappa shape index (κ1) is 21.6. The van der Waals surface area contributed by atoms with Crippen LogP contribution in [0.5, 0.6) is 0 Å². The van der Waals surface area contributed by atoms with E-state index in [-0.39, 0.29) is 12.3 Å². The van der Waals surface area contributed by atoms with Crippen LogP contribution in [0.1, 0.15) is 24.9 Å². The fourth-order valence-electron chi connectivity index (χ4n) is 3.20. The number of primary amides is 1. The summed E-state index contributed by atoms with van der Waals surface area (Å²) in [6.07, 6.45) is 3.82. The molecule has 0 bridgehead atoms. The van der Waals surface area contributed by atoms with Crippen LogP contribution in [-0.4, -0.2) is 36.8 Å². The van der Waals surface area contributed by atoms with Gasteiger partial charge in [0.1, 0.15) is 11.6 Å². The van der Waals surface area contributed by atoms with Crippen molar-refractivity contribution in [2.75, 3.05) is 5.32 Å². The molecule has 0 saturated heterocycles. The van der Waals surface area contributed by atoms with E-state index >= 15 is 0 Å². The largest absolute Gasteiger partial charge is 0.467 e. The highest BCUT2D eigenvalue weighted by atomic mass is 32.2. The molecule has 1 unspecified atom stereocenters. The maximum atomic E-state index is 12.9. The van der Waals surface area contributed by atoms with Crippen molar-refractivity contribution in [2.24, 2.45) is 5.73 Å². The Hall–Kier alpha value is -3.66. The highest BCUT2D eigenvalue weighted by molar-refractivity contribution is 8.00. The van der Waals surface area contributed by atoms with Crippen LogP contribution in [0.4, 0.5) is 5.69 Å². The van der Waals surface area contributed by atoms with E-state index in [2.05, 4.69) is 20.5 Å². The second-order valence-corrected chi connectivity index (χ2v) is 8.46. The molecule has 0 radical (unpaired) electrons. The van der Waals surface area contributed by atoms with Crippen LogP contribution in [0.3, 0.4) is 0 Å². The summed E-state index contributed by atoms with van der Waals surface area (Å²) < 4.78 is 7.30. The van der Waals surface area contributed by atoms with Gasteiger partial charge in [-0.25, -0.2) is 0 Å². The monoisotopic (exact) mass is 450 g/mol. The fraction of sp³-hybridized carbons (Fsp3) is 0.227. The summed E-state index contributed by atoms with van der Waals surface area (Å²) in [6.45, 7) is 2.19. The van der Waals surface area contributed by atoms with E-state index in [4.69, 9.17) is 10.2 Å². The molecule has 1 aromatic carbocycles. The minimum Gasteiger partial charge on any atom is -0.467 e. The molecule has 0 fully saturated rings. The highest BCUT2D eigenvalue weighted by Gasteiger charge is 2.21. The van der Waals surface area contributed by atoms with Crippen molar-refractivity contribution >= 4 is 40.2 Å². The number of hydrogen-bond acceptors (Lipinski definition) is 7. The molecule has 3 aromatic heterocycles. The van der Waals surface area contributed by atoms with Gasteiger partial charge >= 0.3 is 0 Å². The zero-order valence-electron chi connectivity index (χ0n) is 17.4. The lowest BCUT2D eigenvalue weighted by atomic mass is 10.2. The fourth-order valence-corrected chi connectivity index (χ4v) is 4.07. The molecule has 0 aliphatic carbocycles. The SMILES string of the molecule is CC(Sc1nnc(CCC(N)=O)n1Cc1ccco1)C(=O)Nc1cccc2ncccc12. The number of nitrogens with zero attached hydrogens (tertiary/aromatic N) is 4. The van der Waals surface area contributed by atoms with E-state index in [1.807, 2.05) is 41.0 Å². The summed E-state index contributed by atoms with van der Waals surface area (Å²) in [6, 6.07) is 13.0. The zero-order valence-corrected chi connectivity index (χ0v) is 18.2. The number of carbonyl (C=O) groups is 2. The number of aryl methyl sites for hydroxylation is 1. The van der Waals surface area contributed by atoms with Gasteiger partial charge in [-0.3, -0.25) is 19.1 Å². The molecule has 2 amide bonds. The first-order valence-corrected chi connectivity index (χ1v) is 10.9. The van der Waals surface area contributed by atoms with Crippen molar-refractivity contribution < 1.29 is 14.0 Å². The number of benzene rings is 1. The molecule has 0 spiro atoms. The molecule has 164 valence electrons. The summed E-state index contributed by atoms with van der Waals surface area (Å²) >= 11 is 1.28. The third-order valence-electron chi connectivity index (χ3n) is 4.84. The van der Waals surface area contributed by atoms with Gasteiger partial charge in [0, 0.05) is 24.4 Å². The number of pyridine rings is 1. The van der Waals surface area contributed by atoms with E-state index < -0.39 is 11.2 Å². The lowest BCUT2D eigenvalue weighted by molar-refractivity contribution is -0.118. The molecule has 3 heterocycles. The second-order valence-electron chi connectivity index (χ2n) is 7.16. The normalized spacial score (nSPS) is 12.0. The minimum atomic E-state index is -0.453. The molecule has 0 aliphatic rings. The Kier molecular flexibility index (Phi) is 6.50. The molecule has 4 aromatic rings. The molecule has 10 heteroatoms. The Morgan fingerprint density at radius 3 is 2.84 bits per heavy atom. The number of hydrogen-bond donors (Lipinski definition) is 2. The van der Waals surface area contributed by atoms with Crippen molar-refractivity contribution in [2.45, 2.75) is 36.7 Å². The van der Waals surface area contributed by atoms with Crippen LogP contribution in [-0.2, 0) is 22.6 Å². The molecule has 32 heavy (non-hydrogen) atoms. The van der Waals surface area contributed by atoms with E-state index in [9.17, 15) is 9.59 Å². The van der Waals surface area contributed by atoms with Gasteiger partial charge in [0.25, 0.3) is 0 Å². The van der Waals surface area contributed by atoms with Crippen LogP contribution in [0.15, 0.2) is 64.5 Å². The predicted molar refractivity (Wildman–Crippen MR) is 121 cm³/mol. The number of furan rings is 1. The predicted octanol–water partition coefficient (Wildman–Crippen LogP) is 3.00. The number of nitrogens with two attached hydrogens (primary N) is 1. The van der Waals surface area contributed by atoms with Gasteiger partial charge in [-0.2, -0.15) is 0 Å². The van der Waals surface area contributed by atoms with Crippen LogP contribution >= 0.6 is 11.8 Å². The van der Waals surface area contributed by atoms with Gasteiger partial charge in [-0.05, 0) is 43.3 Å². The minimum absolute atomic E-state index is 0.159. The molecular weight excluding hydrogens is 428 g/mol. The van der Waals surface area contributed by atoms with E-state index in [1.54, 1.807) is 25.5 Å². The maximum absolute atomic E-state index is 12.9. The summed E-state index contributed by atoms with van der Waals surface area (Å²) in [5, 5.41) is 12.4. The summed E-state index contributed by atoms with van der Waals surface area (Å²) in [4.78, 5) is 28.5. The van der Waals surface area contributed by atoms with Gasteiger partial charge in [-0.15, -0.1) is 10.2 Å². The van der Waals surface area contributed by atoms with Gasteiger partial charge in [0.15, 0.2) is 5.16 Å². The summed E-state index contributed by atoms with van der Waals surface area (Å²) in [5.74, 6) is 0.740. The number of aromatic nitrogens is 4. The van der Waals surface area contributed by atoms with E-state index in [1.165, 1.54) is 11.8 Å². The van der Waals surface area contributed by atoms with E-state index in [0.29, 0.717) is 35.4 Å². The van der Waals surface area contributed by atoms with Crippen molar-refractivity contribution in [1.29, 1.82) is 0 Å². The van der Waals surface area contributed by atoms with Crippen molar-refractivity contribution in [3.8, 4) is 0 Å². The van der Waals surface area contributed by atoms with Crippen LogP contribution in [0, 0.1) is 0 Å². The Labute approximate surface area is 188 Å². The molecular formula is C22H22N6O3S. The van der Waals surface area contributed by atoms with Gasteiger partial charge < -0.3 is 15.5 Å². The zero-order chi connectivity index (χ0) is 22.5. The molecule has 0 aliphatic heterocycles. The lowest BCUT2D eigenvalue weighted by Gasteiger charge is -2.14. The van der Waals surface area contributed by atoms with Crippen LogP contribution in [0.2, 0.25) is 0 Å². The number of rotatable bonds is 9. The third-order valence-corrected chi connectivity index (χ3v) is 5.92. The number of amides is 2. The third kappa shape index (κ3) is 4.97. The van der Waals surface area contributed by atoms with Gasteiger partial charge in [-0.1, -0.05) is 17.8 Å². The van der Waals surface area contributed by atoms with Crippen LogP contribution in [0.25, 0.3) is 10.9 Å². The Morgan fingerprint density at radius 2 is 2.06 bits per heavy atom. The number of carbonyl (C=O) groups excluding carboxylic acids is 2. The van der Waals surface area contributed by atoms with Gasteiger partial charge in [0.2, 0.25) is 11.8 Å². The Balaban J connectivity index is 1.52. The first-order valence-electron chi connectivity index (χ1n) is 10.1. The summed E-state index contributed by atoms with van der Waals surface area (Å²) in [7, 11) is 0. The average Bonchev–Trinajstić information content (AvgIpc) is 3.43. The van der Waals surface area contributed by atoms with Crippen LogP contribution < -0.4 is 11.1 Å². The molecule has 4 rings (SSSR count). The Morgan fingerprint density at radius 1 is 1.19 bits per heavy atom. The smallest absolute Gasteiger partial charge is 0.237 e. The van der Waals surface area contributed by atoms with Crippen molar-refractivity contribution in [3.05, 3.63) is 66.5 Å². The van der Waals surface area contributed by atoms with Gasteiger partial charge in [0.05, 0.1) is 29.3 Å². The number of anilines is 1. The molecule has 0 saturated carbocycles. The molecule has 1 atom stereocenters. The second kappa shape index (κ2) is 9.65.